The molecule has 2 aromatic rings. The van der Waals surface area contributed by atoms with Gasteiger partial charge in [0, 0.05) is 12.1 Å². The largest absolute Gasteiger partial charge is 0.416 e. The van der Waals surface area contributed by atoms with Gasteiger partial charge < -0.3 is 9.84 Å². The van der Waals surface area contributed by atoms with E-state index in [-0.39, 0.29) is 18.0 Å². The Balaban J connectivity index is 2.15. The number of aromatic nitrogens is 1. The molecule has 0 aliphatic heterocycles. The van der Waals surface area contributed by atoms with Gasteiger partial charge in [0.1, 0.15) is 11.5 Å². The van der Waals surface area contributed by atoms with E-state index in [4.69, 9.17) is 4.52 Å². The zero-order valence-corrected chi connectivity index (χ0v) is 13.6. The van der Waals surface area contributed by atoms with Gasteiger partial charge in [0.15, 0.2) is 0 Å². The first-order chi connectivity index (χ1) is 10.7. The fraction of sp³-hybridized carbons (Fsp3) is 0.471. The molecule has 6 heteroatoms. The van der Waals surface area contributed by atoms with Crippen LogP contribution in [0.4, 0.5) is 13.2 Å². The topological polar surface area (TPSA) is 38.1 Å². The highest BCUT2D eigenvalue weighted by Crippen LogP contribution is 2.36. The molecule has 0 saturated heterocycles. The molecule has 126 valence electrons. The molecule has 0 amide bonds. The summed E-state index contributed by atoms with van der Waals surface area (Å²) in [7, 11) is 0. The molecule has 0 unspecified atom stereocenters. The van der Waals surface area contributed by atoms with Crippen molar-refractivity contribution >= 4 is 0 Å². The number of nitrogens with one attached hydrogen (secondary N) is 1. The molecule has 0 aliphatic carbocycles. The lowest BCUT2D eigenvalue weighted by atomic mass is 9.89. The molecule has 3 atom stereocenters. The lowest BCUT2D eigenvalue weighted by Crippen LogP contribution is -2.34. The summed E-state index contributed by atoms with van der Waals surface area (Å²) in [6.45, 7) is 7.38. The Morgan fingerprint density at radius 1 is 1.13 bits per heavy atom. The van der Waals surface area contributed by atoms with Crippen molar-refractivity contribution < 1.29 is 17.7 Å². The van der Waals surface area contributed by atoms with Crippen LogP contribution in [0, 0.1) is 6.92 Å². The molecule has 0 saturated carbocycles. The van der Waals surface area contributed by atoms with Crippen LogP contribution in [-0.2, 0) is 6.18 Å². The van der Waals surface area contributed by atoms with Crippen LogP contribution in [0.2, 0.25) is 0 Å². The molecule has 0 bridgehead atoms. The third kappa shape index (κ3) is 4.13. The second kappa shape index (κ2) is 6.74. The molecule has 3 nitrogen and oxygen atoms in total. The Kier molecular flexibility index (Phi) is 5.14. The van der Waals surface area contributed by atoms with Crippen molar-refractivity contribution in [2.24, 2.45) is 0 Å². The first-order valence-electron chi connectivity index (χ1n) is 7.55. The number of hydrogen-bond acceptors (Lipinski definition) is 3. The van der Waals surface area contributed by atoms with E-state index in [9.17, 15) is 13.2 Å². The van der Waals surface area contributed by atoms with Crippen LogP contribution in [0.1, 0.15) is 55.3 Å². The van der Waals surface area contributed by atoms with E-state index in [2.05, 4.69) is 10.5 Å². The van der Waals surface area contributed by atoms with Gasteiger partial charge in [0.2, 0.25) is 0 Å². The number of benzene rings is 1. The Labute approximate surface area is 133 Å². The molecular weight excluding hydrogens is 305 g/mol. The van der Waals surface area contributed by atoms with E-state index in [1.807, 2.05) is 19.9 Å². The van der Waals surface area contributed by atoms with Gasteiger partial charge in [-0.15, -0.1) is 0 Å². The highest BCUT2D eigenvalue weighted by Gasteiger charge is 2.35. The third-order valence-electron chi connectivity index (χ3n) is 4.11. The summed E-state index contributed by atoms with van der Waals surface area (Å²) in [5, 5.41) is 7.24. The first kappa shape index (κ1) is 17.5. The van der Waals surface area contributed by atoms with Crippen LogP contribution in [-0.4, -0.2) is 11.2 Å². The molecule has 0 fully saturated rings. The van der Waals surface area contributed by atoms with Crippen LogP contribution in [0.3, 0.4) is 0 Å². The average molecular weight is 326 g/mol. The maximum Gasteiger partial charge on any atom is 0.416 e. The van der Waals surface area contributed by atoms with E-state index in [0.717, 1.165) is 11.8 Å². The number of nitrogens with zero attached hydrogens (tertiary/aromatic N) is 1. The van der Waals surface area contributed by atoms with Crippen LogP contribution < -0.4 is 5.32 Å². The van der Waals surface area contributed by atoms with E-state index in [1.54, 1.807) is 19.9 Å². The van der Waals surface area contributed by atoms with E-state index in [0.29, 0.717) is 11.3 Å². The van der Waals surface area contributed by atoms with E-state index in [1.165, 1.54) is 12.1 Å². The van der Waals surface area contributed by atoms with Crippen molar-refractivity contribution in [2.45, 2.75) is 51.9 Å². The summed E-state index contributed by atoms with van der Waals surface area (Å²) in [5.74, 6) is 0.403. The lowest BCUT2D eigenvalue weighted by Gasteiger charge is -2.27. The highest BCUT2D eigenvalue weighted by molar-refractivity contribution is 5.33. The van der Waals surface area contributed by atoms with Crippen molar-refractivity contribution in [1.82, 2.24) is 10.5 Å². The number of hydrogen-bond donors (Lipinski definition) is 1. The lowest BCUT2D eigenvalue weighted by molar-refractivity contribution is -0.138. The van der Waals surface area contributed by atoms with E-state index < -0.39 is 11.7 Å². The van der Waals surface area contributed by atoms with Crippen molar-refractivity contribution in [3.05, 3.63) is 52.9 Å². The number of aryl methyl sites for hydroxylation is 1. The van der Waals surface area contributed by atoms with Crippen LogP contribution >= 0.6 is 0 Å². The van der Waals surface area contributed by atoms with Gasteiger partial charge in [-0.1, -0.05) is 30.3 Å². The fourth-order valence-corrected chi connectivity index (χ4v) is 2.64. The van der Waals surface area contributed by atoms with Crippen molar-refractivity contribution in [3.8, 4) is 0 Å². The zero-order chi connectivity index (χ0) is 17.2. The molecule has 23 heavy (non-hydrogen) atoms. The molecule has 2 rings (SSSR count). The van der Waals surface area contributed by atoms with Crippen molar-refractivity contribution in [2.75, 3.05) is 0 Å². The van der Waals surface area contributed by atoms with Gasteiger partial charge in [0.25, 0.3) is 0 Å². The minimum Gasteiger partial charge on any atom is -0.361 e. The van der Waals surface area contributed by atoms with Gasteiger partial charge in [-0.25, -0.2) is 0 Å². The normalized spacial score (nSPS) is 16.1. The summed E-state index contributed by atoms with van der Waals surface area (Å²) >= 11 is 0. The van der Waals surface area contributed by atoms with Crippen LogP contribution in [0.25, 0.3) is 0 Å². The molecular formula is C17H21F3N2O. The molecule has 0 spiro atoms. The predicted octanol–water partition coefficient (Wildman–Crippen LogP) is 4.84. The molecule has 0 aliphatic rings. The van der Waals surface area contributed by atoms with Gasteiger partial charge in [-0.3, -0.25) is 0 Å². The number of halogens is 3. The van der Waals surface area contributed by atoms with Gasteiger partial charge in [0.05, 0.1) is 11.6 Å². The molecule has 0 radical (unpaired) electrons. The SMILES string of the molecule is Cc1cc([C@H](C)N[C@@H](C)[C@H](C)c2ccccc2C(F)(F)F)no1. The van der Waals surface area contributed by atoms with Crippen molar-refractivity contribution in [1.29, 1.82) is 0 Å². The summed E-state index contributed by atoms with van der Waals surface area (Å²) < 4.78 is 44.5. The second-order valence-electron chi connectivity index (χ2n) is 5.91. The van der Waals surface area contributed by atoms with E-state index >= 15 is 0 Å². The Hall–Kier alpha value is -1.82. The zero-order valence-electron chi connectivity index (χ0n) is 13.6. The third-order valence-corrected chi connectivity index (χ3v) is 4.11. The van der Waals surface area contributed by atoms with Gasteiger partial charge in [-0.2, -0.15) is 13.2 Å². The smallest absolute Gasteiger partial charge is 0.361 e. The maximum atomic E-state index is 13.2. The standard InChI is InChI=1S/C17H21F3N2O/c1-10-9-16(22-23-10)13(4)21-12(3)11(2)14-7-5-6-8-15(14)17(18,19)20/h5-9,11-13,21H,1-4H3/t11-,12-,13-/m0/s1. The Morgan fingerprint density at radius 2 is 1.78 bits per heavy atom. The summed E-state index contributed by atoms with van der Waals surface area (Å²) in [6.07, 6.45) is -4.35. The first-order valence-corrected chi connectivity index (χ1v) is 7.55. The minimum atomic E-state index is -4.35. The monoisotopic (exact) mass is 326 g/mol. The second-order valence-corrected chi connectivity index (χ2v) is 5.91. The summed E-state index contributed by atoms with van der Waals surface area (Å²) in [6, 6.07) is 7.27. The van der Waals surface area contributed by atoms with Crippen LogP contribution in [0.15, 0.2) is 34.9 Å². The van der Waals surface area contributed by atoms with Crippen LogP contribution in [0.5, 0.6) is 0 Å². The number of rotatable bonds is 5. The summed E-state index contributed by atoms with van der Waals surface area (Å²) in [5.41, 5.74) is 0.459. The number of alkyl halides is 3. The van der Waals surface area contributed by atoms with Gasteiger partial charge in [-0.05, 0) is 38.3 Å². The Bertz CT molecular complexity index is 651. The van der Waals surface area contributed by atoms with Crippen molar-refractivity contribution in [3.63, 3.8) is 0 Å². The van der Waals surface area contributed by atoms with Gasteiger partial charge >= 0.3 is 6.18 Å². The predicted molar refractivity (Wildman–Crippen MR) is 82.1 cm³/mol. The molecule has 1 aromatic carbocycles. The molecule has 1 heterocycles. The molecule has 1 aromatic heterocycles. The highest BCUT2D eigenvalue weighted by atomic mass is 19.4. The Morgan fingerprint density at radius 3 is 2.35 bits per heavy atom. The summed E-state index contributed by atoms with van der Waals surface area (Å²) in [4.78, 5) is 0. The fourth-order valence-electron chi connectivity index (χ4n) is 2.64. The maximum absolute atomic E-state index is 13.2. The quantitative estimate of drug-likeness (QED) is 0.854. The minimum absolute atomic E-state index is 0.108. The molecule has 1 N–H and O–H groups in total. The average Bonchev–Trinajstić information content (AvgIpc) is 2.92.